The number of para-hydroxylation sites is 1. The Morgan fingerprint density at radius 2 is 1.30 bits per heavy atom. The lowest BCUT2D eigenvalue weighted by molar-refractivity contribution is 0.591. The van der Waals surface area contributed by atoms with E-state index in [4.69, 9.17) is 0 Å². The summed E-state index contributed by atoms with van der Waals surface area (Å²) < 4.78 is 2.42. The molecule has 1 aliphatic carbocycles. The Labute approximate surface area is 270 Å². The molecule has 0 saturated carbocycles. The Bertz CT molecular complexity index is 2530. The number of aryl methyl sites for hydroxylation is 1. The average molecular weight is 592 g/mol. The Balaban J connectivity index is 1.29. The number of hydrogen-bond acceptors (Lipinski definition) is 0. The first-order chi connectivity index (χ1) is 22.3. The molecule has 1 heteroatoms. The molecule has 0 unspecified atom stereocenters. The average Bonchev–Trinajstić information content (AvgIpc) is 3.40. The van der Waals surface area contributed by atoms with Crippen molar-refractivity contribution in [2.75, 3.05) is 0 Å². The summed E-state index contributed by atoms with van der Waals surface area (Å²) in [7, 11) is 0. The highest BCUT2D eigenvalue weighted by atomic mass is 15.0. The molecule has 0 radical (unpaired) electrons. The van der Waals surface area contributed by atoms with Crippen LogP contribution in [0.5, 0.6) is 0 Å². The van der Waals surface area contributed by atoms with Crippen molar-refractivity contribution in [2.45, 2.75) is 46.0 Å². The molecule has 0 aliphatic heterocycles. The molecule has 0 atom stereocenters. The van der Waals surface area contributed by atoms with Gasteiger partial charge in [0.25, 0.3) is 0 Å². The molecule has 0 amide bonds. The SMILES string of the molecule is Cc1ccc2c3ccccc3n(-c3ccc(-c4cc(C5=CC=CCC5)c5ccc6cc(C(C)(C)C)cc7ccc4c5c67)cc3)c2c1. The minimum atomic E-state index is 0.0941. The van der Waals surface area contributed by atoms with Crippen LogP contribution < -0.4 is 0 Å². The summed E-state index contributed by atoms with van der Waals surface area (Å²) in [6.07, 6.45) is 8.99. The second-order valence-electron chi connectivity index (χ2n) is 14.2. The quantitative estimate of drug-likeness (QED) is 0.180. The molecule has 0 saturated heterocycles. The minimum absolute atomic E-state index is 0.0941. The van der Waals surface area contributed by atoms with Gasteiger partial charge in [0.05, 0.1) is 11.0 Å². The van der Waals surface area contributed by atoms with Gasteiger partial charge in [0.15, 0.2) is 0 Å². The predicted molar refractivity (Wildman–Crippen MR) is 200 cm³/mol. The Morgan fingerprint density at radius 3 is 2.02 bits per heavy atom. The first kappa shape index (κ1) is 27.2. The highest BCUT2D eigenvalue weighted by Crippen LogP contribution is 2.45. The van der Waals surface area contributed by atoms with Crippen molar-refractivity contribution in [1.29, 1.82) is 0 Å². The van der Waals surface area contributed by atoms with Crippen LogP contribution in [-0.2, 0) is 5.41 Å². The van der Waals surface area contributed by atoms with E-state index in [1.165, 1.54) is 93.2 Å². The van der Waals surface area contributed by atoms with E-state index in [0.29, 0.717) is 0 Å². The molecule has 1 aliphatic rings. The van der Waals surface area contributed by atoms with E-state index in [0.717, 1.165) is 12.8 Å². The third-order valence-electron chi connectivity index (χ3n) is 10.2. The molecule has 0 fully saturated rings. The number of hydrogen-bond donors (Lipinski definition) is 0. The van der Waals surface area contributed by atoms with Crippen LogP contribution in [0, 0.1) is 6.92 Å². The van der Waals surface area contributed by atoms with E-state index in [1.54, 1.807) is 0 Å². The molecule has 46 heavy (non-hydrogen) atoms. The monoisotopic (exact) mass is 591 g/mol. The molecule has 1 nitrogen and oxygen atoms in total. The Kier molecular flexibility index (Phi) is 5.87. The zero-order valence-corrected chi connectivity index (χ0v) is 27.0. The number of rotatable bonds is 3. The van der Waals surface area contributed by atoms with Gasteiger partial charge in [0.1, 0.15) is 0 Å². The normalized spacial score (nSPS) is 14.0. The van der Waals surface area contributed by atoms with Crippen LogP contribution in [0.15, 0.2) is 127 Å². The van der Waals surface area contributed by atoms with Crippen LogP contribution in [-0.4, -0.2) is 4.57 Å². The highest BCUT2D eigenvalue weighted by molar-refractivity contribution is 6.27. The van der Waals surface area contributed by atoms with Gasteiger partial charge in [-0.3, -0.25) is 0 Å². The van der Waals surface area contributed by atoms with Crippen LogP contribution in [0.25, 0.3) is 76.5 Å². The van der Waals surface area contributed by atoms with Crippen LogP contribution >= 0.6 is 0 Å². The van der Waals surface area contributed by atoms with E-state index >= 15 is 0 Å². The van der Waals surface area contributed by atoms with Crippen molar-refractivity contribution in [1.82, 2.24) is 4.57 Å². The van der Waals surface area contributed by atoms with Gasteiger partial charge >= 0.3 is 0 Å². The number of allylic oxidation sites excluding steroid dienone is 4. The topological polar surface area (TPSA) is 4.93 Å². The maximum atomic E-state index is 2.46. The molecule has 9 rings (SSSR count). The van der Waals surface area contributed by atoms with Gasteiger partial charge in [-0.05, 0) is 121 Å². The largest absolute Gasteiger partial charge is 0.309 e. The van der Waals surface area contributed by atoms with E-state index in [-0.39, 0.29) is 5.41 Å². The summed E-state index contributed by atoms with van der Waals surface area (Å²) in [5, 5.41) is 10.7. The molecule has 7 aromatic carbocycles. The fraction of sp³-hybridized carbons (Fsp3) is 0.156. The van der Waals surface area contributed by atoms with Crippen molar-refractivity contribution < 1.29 is 0 Å². The predicted octanol–water partition coefficient (Wildman–Crippen LogP) is 12.7. The van der Waals surface area contributed by atoms with Crippen LogP contribution in [0.3, 0.4) is 0 Å². The van der Waals surface area contributed by atoms with Gasteiger partial charge in [-0.2, -0.15) is 0 Å². The van der Waals surface area contributed by atoms with Gasteiger partial charge in [-0.1, -0.05) is 118 Å². The van der Waals surface area contributed by atoms with Gasteiger partial charge < -0.3 is 4.57 Å². The molecular weight excluding hydrogens is 555 g/mol. The molecule has 222 valence electrons. The first-order valence-electron chi connectivity index (χ1n) is 16.6. The lowest BCUT2D eigenvalue weighted by Gasteiger charge is -2.23. The number of aromatic nitrogens is 1. The number of benzene rings is 7. The van der Waals surface area contributed by atoms with Gasteiger partial charge in [0.2, 0.25) is 0 Å². The molecule has 1 aromatic heterocycles. The summed E-state index contributed by atoms with van der Waals surface area (Å²) in [4.78, 5) is 0. The second kappa shape index (κ2) is 9.93. The van der Waals surface area contributed by atoms with E-state index in [9.17, 15) is 0 Å². The standard InChI is InChI=1S/C45H37N/c1-28-14-21-36-35-12-8-9-13-41(35)46(42(36)24-28)34-19-15-30(16-20-34)40-27-39(29-10-6-5-7-11-29)37-22-17-31-25-33(45(2,3)4)26-32-18-23-38(40)44(37)43(31)32/h5-6,8-10,12-27H,7,11H2,1-4H3. The minimum Gasteiger partial charge on any atom is -0.309 e. The third kappa shape index (κ3) is 4.08. The van der Waals surface area contributed by atoms with E-state index in [2.05, 4.69) is 160 Å². The fourth-order valence-electron chi connectivity index (χ4n) is 7.83. The number of fused-ring (bicyclic) bond motifs is 3. The zero-order valence-electron chi connectivity index (χ0n) is 27.0. The fourth-order valence-corrected chi connectivity index (χ4v) is 7.83. The van der Waals surface area contributed by atoms with E-state index in [1.807, 2.05) is 0 Å². The maximum Gasteiger partial charge on any atom is 0.0543 e. The van der Waals surface area contributed by atoms with Crippen molar-refractivity contribution in [2.24, 2.45) is 0 Å². The zero-order chi connectivity index (χ0) is 31.2. The summed E-state index contributed by atoms with van der Waals surface area (Å²) >= 11 is 0. The van der Waals surface area contributed by atoms with Gasteiger partial charge in [0, 0.05) is 16.5 Å². The lowest BCUT2D eigenvalue weighted by Crippen LogP contribution is -2.10. The summed E-state index contributed by atoms with van der Waals surface area (Å²) in [5.74, 6) is 0. The molecule has 0 spiro atoms. The van der Waals surface area contributed by atoms with Crippen molar-refractivity contribution in [3.05, 3.63) is 144 Å². The van der Waals surface area contributed by atoms with Gasteiger partial charge in [-0.25, -0.2) is 0 Å². The molecule has 0 N–H and O–H groups in total. The van der Waals surface area contributed by atoms with Crippen LogP contribution in [0.1, 0.15) is 50.3 Å². The molecule has 8 aromatic rings. The summed E-state index contributed by atoms with van der Waals surface area (Å²) in [6.45, 7) is 9.10. The Morgan fingerprint density at radius 1 is 0.609 bits per heavy atom. The first-order valence-corrected chi connectivity index (χ1v) is 16.6. The van der Waals surface area contributed by atoms with Gasteiger partial charge in [-0.15, -0.1) is 0 Å². The van der Waals surface area contributed by atoms with Crippen molar-refractivity contribution >= 4 is 59.7 Å². The number of nitrogens with zero attached hydrogens (tertiary/aromatic N) is 1. The molecule has 0 bridgehead atoms. The van der Waals surface area contributed by atoms with Crippen molar-refractivity contribution in [3.8, 4) is 16.8 Å². The van der Waals surface area contributed by atoms with Crippen LogP contribution in [0.4, 0.5) is 0 Å². The maximum absolute atomic E-state index is 2.46. The van der Waals surface area contributed by atoms with Crippen molar-refractivity contribution in [3.63, 3.8) is 0 Å². The van der Waals surface area contributed by atoms with E-state index < -0.39 is 0 Å². The lowest BCUT2D eigenvalue weighted by atomic mass is 9.81. The second-order valence-corrected chi connectivity index (χ2v) is 14.2. The molecular formula is C45H37N. The van der Waals surface area contributed by atoms with Crippen LogP contribution in [0.2, 0.25) is 0 Å². The summed E-state index contributed by atoms with van der Waals surface area (Å²) in [6, 6.07) is 41.6. The Hall–Kier alpha value is -5.14. The highest BCUT2D eigenvalue weighted by Gasteiger charge is 2.21. The smallest absolute Gasteiger partial charge is 0.0543 e. The third-order valence-corrected chi connectivity index (χ3v) is 10.2. The summed E-state index contributed by atoms with van der Waals surface area (Å²) in [5.41, 5.74) is 11.8. The molecule has 1 heterocycles.